The van der Waals surface area contributed by atoms with Gasteiger partial charge in [-0.15, -0.1) is 0 Å². The molecule has 1 amide bonds. The van der Waals surface area contributed by atoms with Crippen molar-refractivity contribution in [1.82, 2.24) is 10.2 Å². The molecule has 0 aliphatic heterocycles. The van der Waals surface area contributed by atoms with Crippen LogP contribution in [0, 0.1) is 0 Å². The van der Waals surface area contributed by atoms with Crippen LogP contribution in [0.25, 0.3) is 0 Å². The Morgan fingerprint density at radius 1 is 1.42 bits per heavy atom. The number of carbonyl (C=O) groups excluding carboxylic acids is 1. The first kappa shape index (κ1) is 19.7. The SMILES string of the molecule is COc1cccc(S(=O)(=O)NC(CCCN=C(N)N)C(=O)NO)c1. The number of nitrogens with zero attached hydrogens (tertiary/aromatic N) is 1. The summed E-state index contributed by atoms with van der Waals surface area (Å²) in [6.45, 7) is 0.221. The van der Waals surface area contributed by atoms with Crippen LogP contribution in [-0.4, -0.2) is 45.2 Å². The third-order valence-electron chi connectivity index (χ3n) is 3.02. The van der Waals surface area contributed by atoms with Gasteiger partial charge in [-0.3, -0.25) is 15.0 Å². The van der Waals surface area contributed by atoms with Gasteiger partial charge in [0.15, 0.2) is 5.96 Å². The average molecular weight is 359 g/mol. The smallest absolute Gasteiger partial charge is 0.261 e. The maximum atomic E-state index is 12.4. The standard InChI is InChI=1S/C13H21N5O5S/c1-23-9-4-2-5-10(8-9)24(21,22)18-11(12(19)17-20)6-3-7-16-13(14)15/h2,4-5,8,11,18,20H,3,6-7H2,1H3,(H,17,19)(H4,14,15,16). The molecule has 0 saturated heterocycles. The van der Waals surface area contributed by atoms with Gasteiger partial charge in [0.1, 0.15) is 11.8 Å². The van der Waals surface area contributed by atoms with Crippen molar-refractivity contribution in [1.29, 1.82) is 0 Å². The number of hydrogen-bond acceptors (Lipinski definition) is 6. The van der Waals surface area contributed by atoms with Gasteiger partial charge in [-0.2, -0.15) is 4.72 Å². The topological polar surface area (TPSA) is 169 Å². The van der Waals surface area contributed by atoms with Crippen molar-refractivity contribution in [2.24, 2.45) is 16.5 Å². The van der Waals surface area contributed by atoms with E-state index in [1.807, 2.05) is 0 Å². The molecule has 0 heterocycles. The van der Waals surface area contributed by atoms with E-state index in [0.29, 0.717) is 12.2 Å². The highest BCUT2D eigenvalue weighted by atomic mass is 32.2. The van der Waals surface area contributed by atoms with E-state index >= 15 is 0 Å². The summed E-state index contributed by atoms with van der Waals surface area (Å²) in [5, 5.41) is 8.78. The van der Waals surface area contributed by atoms with Crippen LogP contribution in [-0.2, 0) is 14.8 Å². The number of benzene rings is 1. The molecule has 7 N–H and O–H groups in total. The Hall–Kier alpha value is -2.37. The van der Waals surface area contributed by atoms with Crippen LogP contribution >= 0.6 is 0 Å². The molecule has 11 heteroatoms. The summed E-state index contributed by atoms with van der Waals surface area (Å²) >= 11 is 0. The van der Waals surface area contributed by atoms with Crippen molar-refractivity contribution in [2.45, 2.75) is 23.8 Å². The van der Waals surface area contributed by atoms with Crippen molar-refractivity contribution in [3.8, 4) is 5.75 Å². The lowest BCUT2D eigenvalue weighted by atomic mass is 10.1. The number of nitrogens with two attached hydrogens (primary N) is 2. The fourth-order valence-electron chi connectivity index (χ4n) is 1.85. The molecule has 0 aliphatic rings. The monoisotopic (exact) mass is 359 g/mol. The molecule has 1 unspecified atom stereocenters. The zero-order valence-corrected chi connectivity index (χ0v) is 13.9. The van der Waals surface area contributed by atoms with Gasteiger partial charge in [0.25, 0.3) is 5.91 Å². The summed E-state index contributed by atoms with van der Waals surface area (Å²) in [5.74, 6) is -0.630. The Kier molecular flexibility index (Phi) is 7.42. The second-order valence-electron chi connectivity index (χ2n) is 4.78. The third kappa shape index (κ3) is 6.02. The Morgan fingerprint density at radius 3 is 2.71 bits per heavy atom. The molecule has 1 atom stereocenters. The molecule has 0 saturated carbocycles. The number of carbonyl (C=O) groups is 1. The minimum atomic E-state index is -3.99. The highest BCUT2D eigenvalue weighted by Crippen LogP contribution is 2.17. The van der Waals surface area contributed by atoms with Gasteiger partial charge < -0.3 is 16.2 Å². The number of rotatable bonds is 9. The Morgan fingerprint density at radius 2 is 2.12 bits per heavy atom. The van der Waals surface area contributed by atoms with Gasteiger partial charge in [-0.25, -0.2) is 13.9 Å². The molecule has 0 aromatic heterocycles. The molecule has 0 aliphatic carbocycles. The predicted molar refractivity (Wildman–Crippen MR) is 86.9 cm³/mol. The first-order valence-electron chi connectivity index (χ1n) is 6.96. The Bertz CT molecular complexity index is 688. The van der Waals surface area contributed by atoms with Crippen LogP contribution in [0.15, 0.2) is 34.2 Å². The number of hydroxylamine groups is 1. The molecule has 1 aromatic carbocycles. The van der Waals surface area contributed by atoms with Crippen LogP contribution in [0.2, 0.25) is 0 Å². The number of sulfonamides is 1. The molecule has 0 spiro atoms. The first-order valence-corrected chi connectivity index (χ1v) is 8.44. The first-order chi connectivity index (χ1) is 11.3. The van der Waals surface area contributed by atoms with Crippen molar-refractivity contribution >= 4 is 21.9 Å². The number of aliphatic imine (C=N–C) groups is 1. The number of guanidine groups is 1. The Balaban J connectivity index is 2.87. The molecule has 1 aromatic rings. The minimum Gasteiger partial charge on any atom is -0.497 e. The highest BCUT2D eigenvalue weighted by molar-refractivity contribution is 7.89. The number of ether oxygens (including phenoxy) is 1. The van der Waals surface area contributed by atoms with E-state index in [-0.39, 0.29) is 23.8 Å². The quantitative estimate of drug-likeness (QED) is 0.122. The van der Waals surface area contributed by atoms with Crippen LogP contribution in [0.1, 0.15) is 12.8 Å². The van der Waals surface area contributed by atoms with Crippen molar-refractivity contribution in [3.63, 3.8) is 0 Å². The van der Waals surface area contributed by atoms with Crippen LogP contribution < -0.4 is 26.4 Å². The van der Waals surface area contributed by atoms with Gasteiger partial charge in [0, 0.05) is 12.6 Å². The summed E-state index contributed by atoms with van der Waals surface area (Å²) < 4.78 is 32.0. The molecule has 24 heavy (non-hydrogen) atoms. The number of amides is 1. The summed E-state index contributed by atoms with van der Waals surface area (Å²) in [7, 11) is -2.58. The summed E-state index contributed by atoms with van der Waals surface area (Å²) in [4.78, 5) is 15.3. The zero-order valence-electron chi connectivity index (χ0n) is 13.1. The fraction of sp³-hybridized carbons (Fsp3) is 0.385. The lowest BCUT2D eigenvalue weighted by molar-refractivity contribution is -0.131. The molecule has 1 rings (SSSR count). The Labute approximate surface area is 139 Å². The van der Waals surface area contributed by atoms with Gasteiger partial charge >= 0.3 is 0 Å². The van der Waals surface area contributed by atoms with E-state index in [9.17, 15) is 13.2 Å². The second-order valence-corrected chi connectivity index (χ2v) is 6.49. The van der Waals surface area contributed by atoms with Crippen LogP contribution in [0.3, 0.4) is 0 Å². The van der Waals surface area contributed by atoms with Crippen LogP contribution in [0.4, 0.5) is 0 Å². The van der Waals surface area contributed by atoms with Gasteiger partial charge in [0.2, 0.25) is 10.0 Å². The molecule has 0 fully saturated rings. The summed E-state index contributed by atoms with van der Waals surface area (Å²) in [5.41, 5.74) is 11.8. The zero-order chi connectivity index (χ0) is 18.2. The normalized spacial score (nSPS) is 12.2. The molecular weight excluding hydrogens is 338 g/mol. The average Bonchev–Trinajstić information content (AvgIpc) is 2.56. The molecule has 0 radical (unpaired) electrons. The van der Waals surface area contributed by atoms with E-state index in [1.54, 1.807) is 6.07 Å². The van der Waals surface area contributed by atoms with Crippen molar-refractivity contribution in [3.05, 3.63) is 24.3 Å². The number of methoxy groups -OCH3 is 1. The van der Waals surface area contributed by atoms with Crippen molar-refractivity contribution < 1.29 is 23.2 Å². The highest BCUT2D eigenvalue weighted by Gasteiger charge is 2.25. The van der Waals surface area contributed by atoms with E-state index in [0.717, 1.165) is 0 Å². The fourth-order valence-corrected chi connectivity index (χ4v) is 3.11. The largest absolute Gasteiger partial charge is 0.497 e. The third-order valence-corrected chi connectivity index (χ3v) is 4.49. The maximum Gasteiger partial charge on any atom is 0.261 e. The van der Waals surface area contributed by atoms with Gasteiger partial charge in [-0.05, 0) is 25.0 Å². The van der Waals surface area contributed by atoms with E-state index in [4.69, 9.17) is 21.4 Å². The maximum absolute atomic E-state index is 12.4. The molecule has 10 nitrogen and oxygen atoms in total. The molecule has 0 bridgehead atoms. The second kappa shape index (κ2) is 9.05. The van der Waals surface area contributed by atoms with E-state index < -0.39 is 22.0 Å². The van der Waals surface area contributed by atoms with Gasteiger partial charge in [0.05, 0.1) is 12.0 Å². The summed E-state index contributed by atoms with van der Waals surface area (Å²) in [6.07, 6.45) is 0.420. The molecule has 134 valence electrons. The summed E-state index contributed by atoms with van der Waals surface area (Å²) in [6, 6.07) is 4.59. The van der Waals surface area contributed by atoms with Crippen molar-refractivity contribution in [2.75, 3.05) is 13.7 Å². The van der Waals surface area contributed by atoms with Gasteiger partial charge in [-0.1, -0.05) is 6.07 Å². The van der Waals surface area contributed by atoms with E-state index in [2.05, 4.69) is 9.71 Å². The lowest BCUT2D eigenvalue weighted by Gasteiger charge is -2.16. The van der Waals surface area contributed by atoms with Crippen LogP contribution in [0.5, 0.6) is 5.75 Å². The van der Waals surface area contributed by atoms with E-state index in [1.165, 1.54) is 30.8 Å². The lowest BCUT2D eigenvalue weighted by Crippen LogP contribution is -2.45. The number of hydrogen-bond donors (Lipinski definition) is 5. The number of nitrogens with one attached hydrogen (secondary N) is 2. The minimum absolute atomic E-state index is 0.0678. The molecular formula is C13H21N5O5S. The predicted octanol–water partition coefficient (Wildman–Crippen LogP) is -1.10.